The number of urea groups is 1. The minimum atomic E-state index is -0.296. The maximum absolute atomic E-state index is 13.7. The second-order valence-corrected chi connectivity index (χ2v) is 9.71. The van der Waals surface area contributed by atoms with Crippen LogP contribution in [0.25, 0.3) is 16.7 Å². The molecular formula is C29H34FN7O. The topological polar surface area (TPSA) is 79.2 Å². The Hall–Kier alpha value is -4.01. The molecule has 0 aliphatic carbocycles. The summed E-state index contributed by atoms with van der Waals surface area (Å²) in [6, 6.07) is 16.4. The van der Waals surface area contributed by atoms with E-state index in [9.17, 15) is 9.18 Å². The summed E-state index contributed by atoms with van der Waals surface area (Å²) in [6.45, 7) is 7.53. The molecule has 1 saturated heterocycles. The van der Waals surface area contributed by atoms with E-state index in [-0.39, 0.29) is 11.8 Å². The summed E-state index contributed by atoms with van der Waals surface area (Å²) in [5.41, 5.74) is 3.37. The van der Waals surface area contributed by atoms with E-state index in [2.05, 4.69) is 29.3 Å². The summed E-state index contributed by atoms with van der Waals surface area (Å²) in [7, 11) is 0. The van der Waals surface area contributed by atoms with Gasteiger partial charge in [0.05, 0.1) is 16.8 Å². The van der Waals surface area contributed by atoms with E-state index in [1.165, 1.54) is 12.1 Å². The third-order valence-electron chi connectivity index (χ3n) is 6.90. The Morgan fingerprint density at radius 2 is 1.79 bits per heavy atom. The van der Waals surface area contributed by atoms with Gasteiger partial charge in [-0.2, -0.15) is 5.10 Å². The summed E-state index contributed by atoms with van der Waals surface area (Å²) in [6.07, 6.45) is 3.45. The first-order valence-corrected chi connectivity index (χ1v) is 13.4. The summed E-state index contributed by atoms with van der Waals surface area (Å²) in [4.78, 5) is 26.9. The van der Waals surface area contributed by atoms with Crippen molar-refractivity contribution in [3.63, 3.8) is 0 Å². The van der Waals surface area contributed by atoms with E-state index in [1.807, 2.05) is 30.0 Å². The van der Waals surface area contributed by atoms with Crippen molar-refractivity contribution >= 4 is 22.9 Å². The number of halogens is 1. The Morgan fingerprint density at radius 3 is 2.55 bits per heavy atom. The number of aromatic nitrogens is 4. The van der Waals surface area contributed by atoms with Crippen molar-refractivity contribution in [2.75, 3.05) is 37.6 Å². The first-order chi connectivity index (χ1) is 18.5. The fourth-order valence-electron chi connectivity index (χ4n) is 4.87. The molecule has 38 heavy (non-hydrogen) atoms. The lowest BCUT2D eigenvalue weighted by Crippen LogP contribution is -2.42. The Balaban J connectivity index is 1.51. The van der Waals surface area contributed by atoms with E-state index in [0.29, 0.717) is 44.1 Å². The zero-order valence-electron chi connectivity index (χ0n) is 22.0. The number of anilines is 1. The molecule has 0 radical (unpaired) electrons. The average Bonchev–Trinajstić information content (AvgIpc) is 3.09. The van der Waals surface area contributed by atoms with Crippen LogP contribution in [-0.4, -0.2) is 63.4 Å². The number of carbonyl (C=O) groups excluding carboxylic acids is 1. The van der Waals surface area contributed by atoms with Gasteiger partial charge in [0.1, 0.15) is 17.5 Å². The third kappa shape index (κ3) is 5.61. The highest BCUT2D eigenvalue weighted by atomic mass is 19.1. The van der Waals surface area contributed by atoms with Gasteiger partial charge >= 0.3 is 6.03 Å². The number of unbranched alkanes of at least 4 members (excludes halogenated alkanes) is 1. The molecule has 8 nitrogen and oxygen atoms in total. The SMILES string of the molecule is CCCCNC(=O)N1CCCN(c2nc(Cc3ccccc3)nc3c2c(C)nn3-c2ccc(F)cc2)CC1. The number of fused-ring (bicyclic) bond motifs is 1. The van der Waals surface area contributed by atoms with Crippen LogP contribution in [0.3, 0.4) is 0 Å². The zero-order valence-corrected chi connectivity index (χ0v) is 22.0. The molecule has 1 N–H and O–H groups in total. The molecule has 0 saturated carbocycles. The highest BCUT2D eigenvalue weighted by molar-refractivity contribution is 5.91. The van der Waals surface area contributed by atoms with Crippen LogP contribution in [0, 0.1) is 12.7 Å². The molecule has 0 spiro atoms. The molecule has 5 rings (SSSR count). The maximum Gasteiger partial charge on any atom is 0.317 e. The summed E-state index contributed by atoms with van der Waals surface area (Å²) >= 11 is 0. The van der Waals surface area contributed by atoms with E-state index in [1.54, 1.807) is 16.8 Å². The molecule has 2 aromatic carbocycles. The summed E-state index contributed by atoms with van der Waals surface area (Å²) in [5.74, 6) is 1.23. The fourth-order valence-corrected chi connectivity index (χ4v) is 4.87. The Labute approximate surface area is 222 Å². The monoisotopic (exact) mass is 515 g/mol. The molecule has 1 aliphatic heterocycles. The number of benzene rings is 2. The average molecular weight is 516 g/mol. The molecule has 0 unspecified atom stereocenters. The van der Waals surface area contributed by atoms with Crippen molar-refractivity contribution in [2.24, 2.45) is 0 Å². The standard InChI is InChI=1S/C29H34FN7O/c1-3-4-15-31-29(38)36-17-8-16-35(18-19-36)27-26-21(2)34-37(24-13-11-23(30)12-14-24)28(26)33-25(32-27)20-22-9-6-5-7-10-22/h5-7,9-14H,3-4,8,15-20H2,1-2H3,(H,31,38). The summed E-state index contributed by atoms with van der Waals surface area (Å²) in [5, 5.41) is 8.71. The molecule has 4 aromatic rings. The molecule has 2 aromatic heterocycles. The van der Waals surface area contributed by atoms with Crippen molar-refractivity contribution in [3.8, 4) is 5.69 Å². The Bertz CT molecular complexity index is 1390. The van der Waals surface area contributed by atoms with Crippen molar-refractivity contribution in [1.82, 2.24) is 30.0 Å². The van der Waals surface area contributed by atoms with Crippen molar-refractivity contribution in [3.05, 3.63) is 77.5 Å². The number of nitrogens with zero attached hydrogens (tertiary/aromatic N) is 6. The van der Waals surface area contributed by atoms with Gasteiger partial charge in [0.15, 0.2) is 5.65 Å². The van der Waals surface area contributed by atoms with Crippen molar-refractivity contribution < 1.29 is 9.18 Å². The lowest BCUT2D eigenvalue weighted by molar-refractivity contribution is 0.201. The quantitative estimate of drug-likeness (QED) is 0.355. The minimum absolute atomic E-state index is 0.00166. The molecule has 198 valence electrons. The number of aryl methyl sites for hydroxylation is 1. The zero-order chi connectivity index (χ0) is 26.5. The van der Waals surface area contributed by atoms with Crippen molar-refractivity contribution in [1.29, 1.82) is 0 Å². The Kier molecular flexibility index (Phi) is 7.81. The third-order valence-corrected chi connectivity index (χ3v) is 6.90. The predicted molar refractivity (Wildman–Crippen MR) is 147 cm³/mol. The molecule has 2 amide bonds. The van der Waals surface area contributed by atoms with Gasteiger partial charge in [0, 0.05) is 39.1 Å². The molecule has 3 heterocycles. The number of hydrogen-bond donors (Lipinski definition) is 1. The summed E-state index contributed by atoms with van der Waals surface area (Å²) < 4.78 is 15.4. The highest BCUT2D eigenvalue weighted by Gasteiger charge is 2.25. The second-order valence-electron chi connectivity index (χ2n) is 9.71. The lowest BCUT2D eigenvalue weighted by Gasteiger charge is -2.24. The first kappa shape index (κ1) is 25.6. The molecule has 0 bridgehead atoms. The minimum Gasteiger partial charge on any atom is -0.354 e. The van der Waals surface area contributed by atoms with Gasteiger partial charge in [0.2, 0.25) is 0 Å². The van der Waals surface area contributed by atoms with Gasteiger partial charge < -0.3 is 15.1 Å². The van der Waals surface area contributed by atoms with Crippen LogP contribution in [0.15, 0.2) is 54.6 Å². The molecule has 9 heteroatoms. The van der Waals surface area contributed by atoms with E-state index < -0.39 is 0 Å². The largest absolute Gasteiger partial charge is 0.354 e. The van der Waals surface area contributed by atoms with Gasteiger partial charge in [-0.15, -0.1) is 0 Å². The molecule has 1 aliphatic rings. The Morgan fingerprint density at radius 1 is 1.00 bits per heavy atom. The van der Waals surface area contributed by atoms with E-state index >= 15 is 0 Å². The van der Waals surface area contributed by atoms with Crippen molar-refractivity contribution in [2.45, 2.75) is 39.5 Å². The normalized spacial score (nSPS) is 14.1. The maximum atomic E-state index is 13.7. The molecular weight excluding hydrogens is 481 g/mol. The predicted octanol–water partition coefficient (Wildman–Crippen LogP) is 4.88. The first-order valence-electron chi connectivity index (χ1n) is 13.4. The number of nitrogens with one attached hydrogen (secondary N) is 1. The lowest BCUT2D eigenvalue weighted by atomic mass is 10.1. The van der Waals surface area contributed by atoms with Crippen LogP contribution < -0.4 is 10.2 Å². The van der Waals surface area contributed by atoms with Gasteiger partial charge in [-0.1, -0.05) is 43.7 Å². The van der Waals surface area contributed by atoms with Crippen LogP contribution >= 0.6 is 0 Å². The number of rotatable bonds is 7. The number of hydrogen-bond acceptors (Lipinski definition) is 5. The number of carbonyl (C=O) groups is 1. The van der Waals surface area contributed by atoms with E-state index in [4.69, 9.17) is 15.1 Å². The van der Waals surface area contributed by atoms with E-state index in [0.717, 1.165) is 54.0 Å². The van der Waals surface area contributed by atoms with Crippen LogP contribution in [0.4, 0.5) is 15.0 Å². The van der Waals surface area contributed by atoms with Crippen LogP contribution in [0.1, 0.15) is 43.3 Å². The molecule has 0 atom stereocenters. The fraction of sp³-hybridized carbons (Fsp3) is 0.379. The highest BCUT2D eigenvalue weighted by Crippen LogP contribution is 2.30. The smallest absolute Gasteiger partial charge is 0.317 e. The van der Waals surface area contributed by atoms with Gasteiger partial charge in [0.25, 0.3) is 0 Å². The van der Waals surface area contributed by atoms with Gasteiger partial charge in [-0.25, -0.2) is 23.8 Å². The molecule has 1 fully saturated rings. The van der Waals surface area contributed by atoms with Gasteiger partial charge in [-0.05, 0) is 49.6 Å². The number of amides is 2. The van der Waals surface area contributed by atoms with Gasteiger partial charge in [-0.3, -0.25) is 0 Å². The van der Waals surface area contributed by atoms with Crippen LogP contribution in [0.5, 0.6) is 0 Å². The van der Waals surface area contributed by atoms with Crippen LogP contribution in [-0.2, 0) is 6.42 Å². The van der Waals surface area contributed by atoms with Crippen LogP contribution in [0.2, 0.25) is 0 Å². The second kappa shape index (κ2) is 11.6.